The van der Waals surface area contributed by atoms with Gasteiger partial charge in [-0.1, -0.05) is 11.6 Å². The number of nitrogens with zero attached hydrogens (tertiary/aromatic N) is 1. The number of benzene rings is 2. The van der Waals surface area contributed by atoms with Crippen molar-refractivity contribution in [2.75, 3.05) is 26.3 Å². The van der Waals surface area contributed by atoms with E-state index in [2.05, 4.69) is 0 Å². The molecule has 0 radical (unpaired) electrons. The first kappa shape index (κ1) is 23.1. The summed E-state index contributed by atoms with van der Waals surface area (Å²) in [6.45, 7) is 0.411. The minimum absolute atomic E-state index is 0.0128. The number of halogens is 3. The van der Waals surface area contributed by atoms with Crippen molar-refractivity contribution in [2.45, 2.75) is 35.0 Å². The average Bonchev–Trinajstić information content (AvgIpc) is 3.22. The molecule has 1 saturated heterocycles. The van der Waals surface area contributed by atoms with Crippen molar-refractivity contribution in [2.24, 2.45) is 0 Å². The lowest BCUT2D eigenvalue weighted by molar-refractivity contribution is 0.0957. The van der Waals surface area contributed by atoms with E-state index in [0.717, 1.165) is 12.1 Å². The van der Waals surface area contributed by atoms with E-state index in [4.69, 9.17) is 21.1 Å². The smallest absolute Gasteiger partial charge is 0.409 e. The zero-order valence-electron chi connectivity index (χ0n) is 17.1. The van der Waals surface area contributed by atoms with Gasteiger partial charge in [0.25, 0.3) is 0 Å². The maximum atomic E-state index is 15.0. The number of carbonyl (C=O) groups is 1. The van der Waals surface area contributed by atoms with Crippen LogP contribution in [0.4, 0.5) is 13.6 Å². The molecule has 1 amide bonds. The molecule has 2 aromatic rings. The molecule has 172 valence electrons. The van der Waals surface area contributed by atoms with Gasteiger partial charge in [-0.05, 0) is 54.0 Å². The second-order valence-electron chi connectivity index (χ2n) is 7.80. The first-order valence-electron chi connectivity index (χ1n) is 10.2. The van der Waals surface area contributed by atoms with E-state index in [1.165, 1.54) is 4.90 Å². The van der Waals surface area contributed by atoms with Gasteiger partial charge in [-0.2, -0.15) is 0 Å². The standard InChI is InChI=1S/C22H22ClF2NO5S/c23-14-1-3-16(4-2-14)32(29)22(9-12-31-21(28)26-10-7-15(27)13-26)8-11-30-20-18(25)6-5-17(24)19(20)22/h1-6,15,27H,7-13H2. The van der Waals surface area contributed by atoms with Crippen molar-refractivity contribution in [3.05, 3.63) is 58.6 Å². The third-order valence-corrected chi connectivity index (χ3v) is 8.08. The lowest BCUT2D eigenvalue weighted by atomic mass is 9.88. The van der Waals surface area contributed by atoms with E-state index in [-0.39, 0.29) is 43.9 Å². The van der Waals surface area contributed by atoms with Gasteiger partial charge < -0.3 is 24.0 Å². The zero-order chi connectivity index (χ0) is 22.9. The summed E-state index contributed by atoms with van der Waals surface area (Å²) in [6.07, 6.45) is -0.613. The Balaban J connectivity index is 1.65. The fourth-order valence-electron chi connectivity index (χ4n) is 4.16. The summed E-state index contributed by atoms with van der Waals surface area (Å²) in [7, 11) is 0. The Bertz CT molecular complexity index is 995. The fourth-order valence-corrected chi connectivity index (χ4v) is 6.03. The number of ether oxygens (including phenoxy) is 2. The number of hydrogen-bond acceptors (Lipinski definition) is 5. The monoisotopic (exact) mass is 485 g/mol. The summed E-state index contributed by atoms with van der Waals surface area (Å²) in [5.74, 6) is -1.76. The molecule has 4 rings (SSSR count). The molecule has 1 N–H and O–H groups in total. The largest absolute Gasteiger partial charge is 0.611 e. The summed E-state index contributed by atoms with van der Waals surface area (Å²) >= 11 is 4.12. The van der Waals surface area contributed by atoms with Gasteiger partial charge in [0.05, 0.1) is 24.9 Å². The summed E-state index contributed by atoms with van der Waals surface area (Å²) < 4.78 is 52.7. The Kier molecular flexibility index (Phi) is 6.80. The maximum absolute atomic E-state index is 15.0. The molecule has 2 heterocycles. The number of likely N-dealkylation sites (tertiary alicyclic amines) is 1. The van der Waals surface area contributed by atoms with Crippen molar-refractivity contribution in [3.63, 3.8) is 0 Å². The molecule has 0 saturated carbocycles. The van der Waals surface area contributed by atoms with Crippen LogP contribution < -0.4 is 4.74 Å². The maximum Gasteiger partial charge on any atom is 0.409 e. The molecule has 10 heteroatoms. The Morgan fingerprint density at radius 3 is 2.69 bits per heavy atom. The van der Waals surface area contributed by atoms with E-state index < -0.39 is 39.8 Å². The number of amides is 1. The Labute approximate surface area is 192 Å². The number of hydrogen-bond donors (Lipinski definition) is 1. The minimum Gasteiger partial charge on any atom is -0.611 e. The third-order valence-electron chi connectivity index (χ3n) is 5.80. The van der Waals surface area contributed by atoms with Gasteiger partial charge in [0.2, 0.25) is 0 Å². The van der Waals surface area contributed by atoms with E-state index >= 15 is 4.39 Å². The lowest BCUT2D eigenvalue weighted by Crippen LogP contribution is -2.43. The highest BCUT2D eigenvalue weighted by Gasteiger charge is 2.52. The molecule has 0 aliphatic carbocycles. The molecule has 3 atom stereocenters. The van der Waals surface area contributed by atoms with Crippen LogP contribution in [0.25, 0.3) is 0 Å². The van der Waals surface area contributed by atoms with Gasteiger partial charge in [0.15, 0.2) is 21.2 Å². The second-order valence-corrected chi connectivity index (χ2v) is 10.0. The van der Waals surface area contributed by atoms with Crippen LogP contribution in [0, 0.1) is 11.6 Å². The number of fused-ring (bicyclic) bond motifs is 1. The number of aliphatic hydroxyl groups is 1. The van der Waals surface area contributed by atoms with Crippen molar-refractivity contribution in [3.8, 4) is 5.75 Å². The third kappa shape index (κ3) is 4.39. The summed E-state index contributed by atoms with van der Waals surface area (Å²) in [4.78, 5) is 14.1. The molecule has 6 nitrogen and oxygen atoms in total. The van der Waals surface area contributed by atoms with Crippen LogP contribution in [0.5, 0.6) is 5.75 Å². The SMILES string of the molecule is O=C(OCCC1([S+]([O-])c2ccc(Cl)cc2)CCOc2c(F)ccc(F)c21)N1CCC(O)C1. The topological polar surface area (TPSA) is 82.1 Å². The van der Waals surface area contributed by atoms with Gasteiger partial charge in [0, 0.05) is 31.0 Å². The molecule has 32 heavy (non-hydrogen) atoms. The summed E-state index contributed by atoms with van der Waals surface area (Å²) in [6, 6.07) is 8.24. The lowest BCUT2D eigenvalue weighted by Gasteiger charge is -2.39. The molecular weight excluding hydrogens is 464 g/mol. The highest BCUT2D eigenvalue weighted by molar-refractivity contribution is 7.92. The van der Waals surface area contributed by atoms with Gasteiger partial charge in [-0.3, -0.25) is 0 Å². The van der Waals surface area contributed by atoms with E-state index in [1.807, 2.05) is 0 Å². The van der Waals surface area contributed by atoms with Crippen LogP contribution in [0.2, 0.25) is 5.02 Å². The van der Waals surface area contributed by atoms with E-state index in [0.29, 0.717) is 22.9 Å². The molecule has 0 spiro atoms. The zero-order valence-corrected chi connectivity index (χ0v) is 18.6. The number of β-amino-alcohol motifs (C(OH)–C–C–N with tert-alkyl or cyclic N) is 1. The van der Waals surface area contributed by atoms with Crippen LogP contribution >= 0.6 is 11.6 Å². The van der Waals surface area contributed by atoms with Gasteiger partial charge in [0.1, 0.15) is 5.82 Å². The fraction of sp³-hybridized carbons (Fsp3) is 0.409. The van der Waals surface area contributed by atoms with Crippen LogP contribution in [0.15, 0.2) is 41.3 Å². The van der Waals surface area contributed by atoms with Gasteiger partial charge in [-0.15, -0.1) is 0 Å². The minimum atomic E-state index is -1.83. The summed E-state index contributed by atoms with van der Waals surface area (Å²) in [5, 5.41) is 10.1. The normalized spacial score (nSPS) is 23.4. The van der Waals surface area contributed by atoms with Gasteiger partial charge >= 0.3 is 6.09 Å². The molecule has 0 bridgehead atoms. The molecular formula is C22H22ClF2NO5S. The van der Waals surface area contributed by atoms with Gasteiger partial charge in [-0.25, -0.2) is 13.6 Å². The Hall–Kier alpha value is -2.07. The first-order valence-corrected chi connectivity index (χ1v) is 11.7. The van der Waals surface area contributed by atoms with E-state index in [1.54, 1.807) is 24.3 Å². The van der Waals surface area contributed by atoms with Crippen molar-refractivity contribution < 1.29 is 32.7 Å². The van der Waals surface area contributed by atoms with Crippen LogP contribution in [0.3, 0.4) is 0 Å². The molecule has 3 unspecified atom stereocenters. The highest BCUT2D eigenvalue weighted by Crippen LogP contribution is 2.50. The summed E-state index contributed by atoms with van der Waals surface area (Å²) in [5.41, 5.74) is -0.121. The Morgan fingerprint density at radius 2 is 2.00 bits per heavy atom. The number of aliphatic hydroxyl groups excluding tert-OH is 1. The molecule has 2 aliphatic heterocycles. The van der Waals surface area contributed by atoms with Crippen LogP contribution in [-0.2, 0) is 20.7 Å². The van der Waals surface area contributed by atoms with Crippen LogP contribution in [0.1, 0.15) is 24.8 Å². The number of carbonyl (C=O) groups excluding carboxylic acids is 1. The quantitative estimate of drug-likeness (QED) is 0.647. The molecule has 2 aromatic carbocycles. The van der Waals surface area contributed by atoms with Crippen molar-refractivity contribution in [1.82, 2.24) is 4.90 Å². The first-order chi connectivity index (χ1) is 15.3. The molecule has 1 fully saturated rings. The average molecular weight is 486 g/mol. The molecule has 0 aromatic heterocycles. The van der Waals surface area contributed by atoms with Crippen LogP contribution in [-0.4, -0.2) is 53.1 Å². The molecule has 2 aliphatic rings. The van der Waals surface area contributed by atoms with Crippen molar-refractivity contribution >= 4 is 28.9 Å². The van der Waals surface area contributed by atoms with Crippen molar-refractivity contribution in [1.29, 1.82) is 0 Å². The highest BCUT2D eigenvalue weighted by atomic mass is 35.5. The van der Waals surface area contributed by atoms with E-state index in [9.17, 15) is 18.8 Å². The Morgan fingerprint density at radius 1 is 1.28 bits per heavy atom. The number of rotatable bonds is 5. The predicted octanol–water partition coefficient (Wildman–Crippen LogP) is 4.00. The second kappa shape index (κ2) is 9.43. The predicted molar refractivity (Wildman–Crippen MR) is 114 cm³/mol.